The Morgan fingerprint density at radius 1 is 1.30 bits per heavy atom. The Labute approximate surface area is 196 Å². The van der Waals surface area contributed by atoms with E-state index in [1.165, 1.54) is 0 Å². The van der Waals surface area contributed by atoms with Crippen molar-refractivity contribution in [1.29, 1.82) is 0 Å². The Morgan fingerprint density at radius 2 is 2.06 bits per heavy atom. The van der Waals surface area contributed by atoms with Crippen LogP contribution in [0.3, 0.4) is 0 Å². The van der Waals surface area contributed by atoms with Gasteiger partial charge in [0.25, 0.3) is 0 Å². The molecule has 0 aliphatic carbocycles. The Kier molecular flexibility index (Phi) is 9.49. The summed E-state index contributed by atoms with van der Waals surface area (Å²) in [4.78, 5) is 29.6. The maximum atomic E-state index is 13.1. The smallest absolute Gasteiger partial charge is 0.227 e. The molecule has 1 aromatic carbocycles. The Morgan fingerprint density at radius 3 is 2.76 bits per heavy atom. The molecule has 33 heavy (non-hydrogen) atoms. The second kappa shape index (κ2) is 12.3. The minimum Gasteiger partial charge on any atom is -0.488 e. The largest absolute Gasteiger partial charge is 0.488 e. The van der Waals surface area contributed by atoms with Crippen LogP contribution in [-0.2, 0) is 20.7 Å². The molecule has 3 rings (SSSR count). The molecular formula is C24H38N4O5. The lowest BCUT2D eigenvalue weighted by atomic mass is 10.0. The summed E-state index contributed by atoms with van der Waals surface area (Å²) in [5, 5.41) is 15.8. The number of rotatable bonds is 8. The van der Waals surface area contributed by atoms with Gasteiger partial charge in [-0.15, -0.1) is 0 Å². The number of carbonyl (C=O) groups is 2. The molecule has 184 valence electrons. The predicted octanol–water partition coefficient (Wildman–Crippen LogP) is 0.716. The topological polar surface area (TPSA) is 103 Å². The van der Waals surface area contributed by atoms with Crippen LogP contribution in [0.1, 0.15) is 25.8 Å². The lowest BCUT2D eigenvalue weighted by Crippen LogP contribution is -2.47. The predicted molar refractivity (Wildman–Crippen MR) is 126 cm³/mol. The molecule has 1 fully saturated rings. The van der Waals surface area contributed by atoms with Crippen molar-refractivity contribution >= 4 is 17.5 Å². The number of morpholine rings is 1. The third kappa shape index (κ3) is 7.14. The lowest BCUT2D eigenvalue weighted by molar-refractivity contribution is -0.134. The van der Waals surface area contributed by atoms with Crippen LogP contribution in [0.5, 0.6) is 5.75 Å². The molecule has 0 spiro atoms. The highest BCUT2D eigenvalue weighted by Crippen LogP contribution is 2.29. The number of nitrogens with one attached hydrogen (secondary N) is 2. The van der Waals surface area contributed by atoms with Crippen LogP contribution in [0.2, 0.25) is 0 Å². The van der Waals surface area contributed by atoms with Crippen molar-refractivity contribution in [2.45, 2.75) is 38.8 Å². The molecule has 0 bridgehead atoms. The molecule has 3 N–H and O–H groups in total. The molecule has 2 heterocycles. The van der Waals surface area contributed by atoms with Gasteiger partial charge in [0.1, 0.15) is 11.9 Å². The number of amides is 2. The third-order valence-electron chi connectivity index (χ3n) is 6.36. The zero-order valence-corrected chi connectivity index (χ0v) is 20.0. The quantitative estimate of drug-likeness (QED) is 0.523. The van der Waals surface area contributed by atoms with E-state index in [1.54, 1.807) is 4.90 Å². The van der Waals surface area contributed by atoms with E-state index in [2.05, 4.69) is 22.5 Å². The van der Waals surface area contributed by atoms with Gasteiger partial charge < -0.3 is 30.1 Å². The molecule has 0 radical (unpaired) electrons. The van der Waals surface area contributed by atoms with E-state index in [1.807, 2.05) is 32.2 Å². The van der Waals surface area contributed by atoms with Crippen molar-refractivity contribution in [2.75, 3.05) is 64.9 Å². The number of aliphatic hydroxyl groups excluding tert-OH is 1. The second-order valence-corrected chi connectivity index (χ2v) is 9.02. The van der Waals surface area contributed by atoms with Crippen LogP contribution in [0.4, 0.5) is 5.69 Å². The van der Waals surface area contributed by atoms with E-state index in [0.717, 1.165) is 18.7 Å². The average Bonchev–Trinajstić information content (AvgIpc) is 2.86. The fraction of sp³-hybridized carbons (Fsp3) is 0.667. The number of ether oxygens (including phenoxy) is 2. The molecule has 2 amide bonds. The van der Waals surface area contributed by atoms with E-state index in [0.29, 0.717) is 50.7 Å². The minimum absolute atomic E-state index is 0.0610. The fourth-order valence-electron chi connectivity index (χ4n) is 4.26. The van der Waals surface area contributed by atoms with E-state index < -0.39 is 0 Å². The van der Waals surface area contributed by atoms with Gasteiger partial charge >= 0.3 is 0 Å². The molecule has 1 aromatic rings. The number of benzene rings is 1. The maximum absolute atomic E-state index is 13.1. The summed E-state index contributed by atoms with van der Waals surface area (Å²) < 4.78 is 11.7. The first-order valence-corrected chi connectivity index (χ1v) is 11.9. The number of nitrogens with zero attached hydrogens (tertiary/aromatic N) is 2. The molecule has 9 heteroatoms. The van der Waals surface area contributed by atoms with Crippen LogP contribution in [-0.4, -0.2) is 98.5 Å². The van der Waals surface area contributed by atoms with Gasteiger partial charge in [0.15, 0.2) is 0 Å². The van der Waals surface area contributed by atoms with Crippen molar-refractivity contribution in [3.8, 4) is 5.75 Å². The zero-order valence-electron chi connectivity index (χ0n) is 20.0. The van der Waals surface area contributed by atoms with Gasteiger partial charge in [0, 0.05) is 56.3 Å². The number of fused-ring (bicyclic) bond motifs is 1. The monoisotopic (exact) mass is 462 g/mol. The standard InChI is InChI=1S/C24H38N4O5/c1-17-15-28(18(2)16-29)24(31)13-19-12-20(4-5-21(19)33-22(17)14-25-3)26-23(30)6-7-27-8-10-32-11-9-27/h4-5,12,17-18,22,25,29H,6-11,13-16H2,1-3H3,(H,26,30)/t17-,18-,22+/m1/s1. The van der Waals surface area contributed by atoms with Crippen LogP contribution in [0.25, 0.3) is 0 Å². The van der Waals surface area contributed by atoms with Crippen molar-refractivity contribution in [2.24, 2.45) is 5.92 Å². The highest BCUT2D eigenvalue weighted by Gasteiger charge is 2.30. The summed E-state index contributed by atoms with van der Waals surface area (Å²) in [5.74, 6) is 0.601. The Bertz CT molecular complexity index is 799. The number of hydrogen-bond acceptors (Lipinski definition) is 7. The molecule has 0 unspecified atom stereocenters. The van der Waals surface area contributed by atoms with Gasteiger partial charge in [-0.1, -0.05) is 6.92 Å². The van der Waals surface area contributed by atoms with Crippen molar-refractivity contribution in [3.63, 3.8) is 0 Å². The summed E-state index contributed by atoms with van der Waals surface area (Å²) in [6.07, 6.45) is 0.411. The highest BCUT2D eigenvalue weighted by molar-refractivity contribution is 5.91. The second-order valence-electron chi connectivity index (χ2n) is 9.02. The number of anilines is 1. The number of likely N-dealkylation sites (N-methyl/N-ethyl adjacent to an activating group) is 1. The summed E-state index contributed by atoms with van der Waals surface area (Å²) in [6.45, 7) is 8.76. The number of hydrogen-bond donors (Lipinski definition) is 3. The van der Waals surface area contributed by atoms with Crippen molar-refractivity contribution in [1.82, 2.24) is 15.1 Å². The molecule has 0 saturated carbocycles. The molecule has 0 aromatic heterocycles. The van der Waals surface area contributed by atoms with E-state index in [-0.39, 0.29) is 42.9 Å². The van der Waals surface area contributed by atoms with Gasteiger partial charge in [-0.2, -0.15) is 0 Å². The van der Waals surface area contributed by atoms with Crippen LogP contribution >= 0.6 is 0 Å². The van der Waals surface area contributed by atoms with Gasteiger partial charge in [0.2, 0.25) is 11.8 Å². The van der Waals surface area contributed by atoms with Crippen LogP contribution in [0, 0.1) is 5.92 Å². The zero-order chi connectivity index (χ0) is 23.8. The van der Waals surface area contributed by atoms with Gasteiger partial charge in [-0.3, -0.25) is 14.5 Å². The molecule has 9 nitrogen and oxygen atoms in total. The molecule has 3 atom stereocenters. The summed E-state index contributed by atoms with van der Waals surface area (Å²) in [6, 6.07) is 5.21. The van der Waals surface area contributed by atoms with Gasteiger partial charge in [-0.25, -0.2) is 0 Å². The number of aliphatic hydroxyl groups is 1. The molecule has 1 saturated heterocycles. The number of carbonyl (C=O) groups excluding carboxylic acids is 2. The van der Waals surface area contributed by atoms with E-state index in [9.17, 15) is 14.7 Å². The fourth-order valence-corrected chi connectivity index (χ4v) is 4.26. The summed E-state index contributed by atoms with van der Waals surface area (Å²) >= 11 is 0. The highest BCUT2D eigenvalue weighted by atomic mass is 16.5. The first-order valence-electron chi connectivity index (χ1n) is 11.9. The lowest BCUT2D eigenvalue weighted by Gasteiger charge is -2.32. The molecule has 2 aliphatic rings. The normalized spacial score (nSPS) is 23.0. The Balaban J connectivity index is 1.74. The van der Waals surface area contributed by atoms with Gasteiger partial charge in [-0.05, 0) is 32.2 Å². The minimum atomic E-state index is -0.278. The third-order valence-corrected chi connectivity index (χ3v) is 6.36. The Hall–Kier alpha value is -2.20. The first-order chi connectivity index (χ1) is 15.9. The first kappa shape index (κ1) is 25.4. The summed E-state index contributed by atoms with van der Waals surface area (Å²) in [7, 11) is 1.87. The SMILES string of the molecule is CNC[C@@H]1Oc2ccc(NC(=O)CCN3CCOCC3)cc2CC(=O)N([C@H](C)CO)C[C@H]1C. The van der Waals surface area contributed by atoms with Gasteiger partial charge in [0.05, 0.1) is 32.3 Å². The van der Waals surface area contributed by atoms with Crippen LogP contribution < -0.4 is 15.4 Å². The van der Waals surface area contributed by atoms with Crippen LogP contribution in [0.15, 0.2) is 18.2 Å². The van der Waals surface area contributed by atoms with E-state index >= 15 is 0 Å². The van der Waals surface area contributed by atoms with Crippen molar-refractivity contribution in [3.05, 3.63) is 23.8 Å². The van der Waals surface area contributed by atoms with E-state index in [4.69, 9.17) is 9.47 Å². The molecular weight excluding hydrogens is 424 g/mol. The molecule has 2 aliphatic heterocycles. The average molecular weight is 463 g/mol. The maximum Gasteiger partial charge on any atom is 0.227 e. The van der Waals surface area contributed by atoms with Crippen molar-refractivity contribution < 1.29 is 24.2 Å². The summed E-state index contributed by atoms with van der Waals surface area (Å²) in [5.41, 5.74) is 1.38.